The fourth-order valence-corrected chi connectivity index (χ4v) is 2.79. The Morgan fingerprint density at radius 1 is 0.450 bits per heavy atom. The zero-order valence-corrected chi connectivity index (χ0v) is 23.9. The summed E-state index contributed by atoms with van der Waals surface area (Å²) in [5, 5.41) is 0. The van der Waals surface area contributed by atoms with Crippen molar-refractivity contribution < 1.29 is 57.6 Å². The number of carbonyl (C=O) groups is 2. The van der Waals surface area contributed by atoms with Gasteiger partial charge in [-0.1, -0.05) is 26.7 Å². The van der Waals surface area contributed by atoms with Gasteiger partial charge in [0.15, 0.2) is 0 Å². The van der Waals surface area contributed by atoms with Crippen LogP contribution in [0.3, 0.4) is 0 Å². The van der Waals surface area contributed by atoms with Crippen LogP contribution in [-0.2, 0) is 48.0 Å². The van der Waals surface area contributed by atoms with Crippen LogP contribution in [0.4, 0.5) is 0 Å². The Hall–Kier alpha value is -2.16. The molecule has 0 saturated heterocycles. The van der Waals surface area contributed by atoms with Crippen molar-refractivity contribution in [2.75, 3.05) is 92.5 Å². The van der Waals surface area contributed by atoms with Crippen molar-refractivity contribution in [2.45, 2.75) is 39.5 Å². The molecule has 12 heteroatoms. The SMILES string of the molecule is CCCCOCCOCCOCCOOC(=O)c1ccc(C(=O)OOCCOCCOCCOCCCC)cc1. The molecule has 12 nitrogen and oxygen atoms in total. The summed E-state index contributed by atoms with van der Waals surface area (Å²) in [4.78, 5) is 43.3. The van der Waals surface area contributed by atoms with Crippen LogP contribution in [0.25, 0.3) is 0 Å². The minimum absolute atomic E-state index is 0.0679. The number of ether oxygens (including phenoxy) is 6. The average molecular weight is 575 g/mol. The molecule has 0 atom stereocenters. The molecule has 0 spiro atoms. The van der Waals surface area contributed by atoms with Crippen LogP contribution in [0.2, 0.25) is 0 Å². The maximum Gasteiger partial charge on any atom is 0.373 e. The number of rotatable bonds is 28. The first-order valence-corrected chi connectivity index (χ1v) is 13.9. The van der Waals surface area contributed by atoms with Crippen molar-refractivity contribution in [3.8, 4) is 0 Å². The minimum atomic E-state index is -0.701. The van der Waals surface area contributed by atoms with Crippen molar-refractivity contribution >= 4 is 11.9 Å². The molecule has 0 aliphatic rings. The molecule has 230 valence electrons. The highest BCUT2D eigenvalue weighted by atomic mass is 17.2. The van der Waals surface area contributed by atoms with E-state index in [4.69, 9.17) is 48.0 Å². The fourth-order valence-electron chi connectivity index (χ4n) is 2.79. The molecule has 0 N–H and O–H groups in total. The Balaban J connectivity index is 1.99. The second kappa shape index (κ2) is 27.0. The molecule has 0 radical (unpaired) electrons. The molecule has 40 heavy (non-hydrogen) atoms. The van der Waals surface area contributed by atoms with Crippen molar-refractivity contribution in [1.82, 2.24) is 0 Å². The summed E-state index contributed by atoms with van der Waals surface area (Å²) in [6.07, 6.45) is 4.31. The van der Waals surface area contributed by atoms with E-state index in [9.17, 15) is 9.59 Å². The molecule has 0 amide bonds. The van der Waals surface area contributed by atoms with Gasteiger partial charge in [0.25, 0.3) is 0 Å². The first-order valence-electron chi connectivity index (χ1n) is 13.9. The zero-order valence-electron chi connectivity index (χ0n) is 23.9. The van der Waals surface area contributed by atoms with Gasteiger partial charge in [-0.2, -0.15) is 9.78 Å². The topological polar surface area (TPSA) is 126 Å². The van der Waals surface area contributed by atoms with E-state index >= 15 is 0 Å². The molecule has 1 aromatic carbocycles. The maximum atomic E-state index is 12.0. The third-order valence-electron chi connectivity index (χ3n) is 5.02. The molecular weight excluding hydrogens is 528 g/mol. The average Bonchev–Trinajstić information content (AvgIpc) is 2.97. The highest BCUT2D eigenvalue weighted by Gasteiger charge is 2.12. The van der Waals surface area contributed by atoms with Crippen molar-refractivity contribution in [3.05, 3.63) is 35.4 Å². The molecule has 0 aliphatic carbocycles. The molecule has 1 rings (SSSR count). The van der Waals surface area contributed by atoms with Crippen molar-refractivity contribution in [1.29, 1.82) is 0 Å². The first-order chi connectivity index (χ1) is 19.7. The predicted octanol–water partition coefficient (Wildman–Crippen LogP) is 3.56. The van der Waals surface area contributed by atoms with E-state index in [0.29, 0.717) is 52.9 Å². The van der Waals surface area contributed by atoms with Crippen LogP contribution in [0.1, 0.15) is 60.2 Å². The van der Waals surface area contributed by atoms with Crippen LogP contribution in [0, 0.1) is 0 Å². The van der Waals surface area contributed by atoms with E-state index in [0.717, 1.165) is 38.9 Å². The van der Waals surface area contributed by atoms with E-state index < -0.39 is 11.9 Å². The first kappa shape index (κ1) is 35.9. The van der Waals surface area contributed by atoms with E-state index in [-0.39, 0.29) is 37.6 Å². The second-order valence-electron chi connectivity index (χ2n) is 8.34. The van der Waals surface area contributed by atoms with Gasteiger partial charge in [-0.25, -0.2) is 9.59 Å². The fraction of sp³-hybridized carbons (Fsp3) is 0.714. The smallest absolute Gasteiger partial charge is 0.373 e. The lowest BCUT2D eigenvalue weighted by atomic mass is 10.1. The Kier molecular flexibility index (Phi) is 24.2. The van der Waals surface area contributed by atoms with Gasteiger partial charge in [-0.15, -0.1) is 0 Å². The van der Waals surface area contributed by atoms with Gasteiger partial charge >= 0.3 is 11.9 Å². The van der Waals surface area contributed by atoms with E-state index in [1.54, 1.807) is 0 Å². The van der Waals surface area contributed by atoms with Gasteiger partial charge in [0.05, 0.1) is 77.2 Å². The molecule has 0 saturated carbocycles. The second-order valence-corrected chi connectivity index (χ2v) is 8.34. The third kappa shape index (κ3) is 20.7. The number of carbonyl (C=O) groups excluding carboxylic acids is 2. The number of hydrogen-bond acceptors (Lipinski definition) is 12. The summed E-state index contributed by atoms with van der Waals surface area (Å²) in [6.45, 7) is 10.2. The lowest BCUT2D eigenvalue weighted by Crippen LogP contribution is -2.14. The monoisotopic (exact) mass is 574 g/mol. The van der Waals surface area contributed by atoms with Gasteiger partial charge < -0.3 is 28.4 Å². The Bertz CT molecular complexity index is 668. The Morgan fingerprint density at radius 3 is 1.02 bits per heavy atom. The molecule has 0 fully saturated rings. The summed E-state index contributed by atoms with van der Waals surface area (Å²) in [6, 6.07) is 5.67. The Labute approximate surface area is 237 Å². The van der Waals surface area contributed by atoms with Crippen LogP contribution >= 0.6 is 0 Å². The lowest BCUT2D eigenvalue weighted by molar-refractivity contribution is -0.247. The summed E-state index contributed by atoms with van der Waals surface area (Å²) in [7, 11) is 0. The van der Waals surface area contributed by atoms with Gasteiger partial charge in [0.1, 0.15) is 13.2 Å². The maximum absolute atomic E-state index is 12.0. The molecule has 0 unspecified atom stereocenters. The summed E-state index contributed by atoms with van der Waals surface area (Å²) in [5.74, 6) is -1.40. The quantitative estimate of drug-likeness (QED) is 0.0825. The van der Waals surface area contributed by atoms with Crippen LogP contribution in [0.15, 0.2) is 24.3 Å². The summed E-state index contributed by atoms with van der Waals surface area (Å²) >= 11 is 0. The molecule has 1 aromatic rings. The number of unbranched alkanes of at least 4 members (excludes halogenated alkanes) is 2. The van der Waals surface area contributed by atoms with Crippen LogP contribution < -0.4 is 0 Å². The predicted molar refractivity (Wildman–Crippen MR) is 144 cm³/mol. The number of hydrogen-bond donors (Lipinski definition) is 0. The summed E-state index contributed by atoms with van der Waals surface area (Å²) < 4.78 is 32.2. The number of benzene rings is 1. The van der Waals surface area contributed by atoms with E-state index in [1.165, 1.54) is 24.3 Å². The highest BCUT2D eigenvalue weighted by molar-refractivity contribution is 5.92. The van der Waals surface area contributed by atoms with Crippen molar-refractivity contribution in [3.63, 3.8) is 0 Å². The van der Waals surface area contributed by atoms with Crippen molar-refractivity contribution in [2.24, 2.45) is 0 Å². The standard InChI is InChI=1S/C28H46O12/c1-3-5-11-31-13-15-33-17-19-35-21-23-37-39-27(29)25-7-9-26(10-8-25)28(30)40-38-24-22-36-20-18-34-16-14-32-12-6-4-2/h7-10H,3-6,11-24H2,1-2H3. The van der Waals surface area contributed by atoms with Crippen LogP contribution in [-0.4, -0.2) is 104 Å². The van der Waals surface area contributed by atoms with Gasteiger partial charge in [0.2, 0.25) is 0 Å². The highest BCUT2D eigenvalue weighted by Crippen LogP contribution is 2.08. The molecule has 0 heterocycles. The minimum Gasteiger partial charge on any atom is -0.379 e. The van der Waals surface area contributed by atoms with Crippen LogP contribution in [0.5, 0.6) is 0 Å². The lowest BCUT2D eigenvalue weighted by Gasteiger charge is -2.07. The van der Waals surface area contributed by atoms with Gasteiger partial charge in [0, 0.05) is 13.2 Å². The largest absolute Gasteiger partial charge is 0.379 e. The summed E-state index contributed by atoms with van der Waals surface area (Å²) in [5.41, 5.74) is 0.409. The van der Waals surface area contributed by atoms with Gasteiger partial charge in [-0.05, 0) is 37.1 Å². The van der Waals surface area contributed by atoms with E-state index in [1.807, 2.05) is 0 Å². The van der Waals surface area contributed by atoms with Gasteiger partial charge in [-0.3, -0.25) is 9.78 Å². The Morgan fingerprint density at radius 2 is 0.725 bits per heavy atom. The third-order valence-corrected chi connectivity index (χ3v) is 5.02. The molecular formula is C28H46O12. The normalized spacial score (nSPS) is 11.1. The zero-order chi connectivity index (χ0) is 28.9. The molecule has 0 aromatic heterocycles. The van der Waals surface area contributed by atoms with E-state index in [2.05, 4.69) is 13.8 Å². The molecule has 0 bridgehead atoms. The molecule has 0 aliphatic heterocycles.